The first kappa shape index (κ1) is 26.6. The lowest BCUT2D eigenvalue weighted by Gasteiger charge is -2.31. The van der Waals surface area contributed by atoms with Gasteiger partial charge in [0.25, 0.3) is 0 Å². The minimum atomic E-state index is -0.844. The van der Waals surface area contributed by atoms with Crippen LogP contribution in [0.1, 0.15) is 43.5 Å². The molecule has 1 aromatic carbocycles. The normalized spacial score (nSPS) is 17.4. The highest BCUT2D eigenvalue weighted by Crippen LogP contribution is 2.31. The van der Waals surface area contributed by atoms with Crippen LogP contribution >= 0.6 is 0 Å². The second kappa shape index (κ2) is 10.5. The van der Waals surface area contributed by atoms with Crippen molar-refractivity contribution in [1.82, 2.24) is 35.7 Å². The van der Waals surface area contributed by atoms with E-state index >= 15 is 0 Å². The van der Waals surface area contributed by atoms with E-state index in [2.05, 4.69) is 43.2 Å². The Morgan fingerprint density at radius 3 is 2.71 bits per heavy atom. The summed E-state index contributed by atoms with van der Waals surface area (Å²) in [6, 6.07) is 5.58. The van der Waals surface area contributed by atoms with Crippen molar-refractivity contribution < 1.29 is 4.79 Å². The number of aromatic nitrogens is 4. The van der Waals surface area contributed by atoms with Crippen LogP contribution in [0.25, 0.3) is 16.5 Å². The number of allylic oxidation sites excluding steroid dienone is 2. The van der Waals surface area contributed by atoms with Gasteiger partial charge in [-0.2, -0.15) is 5.10 Å². The fourth-order valence-corrected chi connectivity index (χ4v) is 4.24. The monoisotopic (exact) mass is 511 g/mol. The summed E-state index contributed by atoms with van der Waals surface area (Å²) in [5.41, 5.74) is 3.89. The molecule has 5 N–H and O–H groups in total. The number of hydrogen-bond donors (Lipinski definition) is 5. The van der Waals surface area contributed by atoms with E-state index in [1.165, 1.54) is 0 Å². The highest BCUT2D eigenvalue weighted by Gasteiger charge is 2.28. The molecular weight excluding hydrogens is 478 g/mol. The molecule has 1 amide bonds. The summed E-state index contributed by atoms with van der Waals surface area (Å²) in [4.78, 5) is 21.9. The molecule has 38 heavy (non-hydrogen) atoms. The maximum absolute atomic E-state index is 12.7. The zero-order valence-corrected chi connectivity index (χ0v) is 22.7. The number of rotatable bonds is 6. The van der Waals surface area contributed by atoms with Gasteiger partial charge in [0.15, 0.2) is 0 Å². The van der Waals surface area contributed by atoms with Gasteiger partial charge in [-0.15, -0.1) is 0 Å². The lowest BCUT2D eigenvalue weighted by Crippen LogP contribution is -2.49. The maximum Gasteiger partial charge on any atom is 0.242 e. The standard InChI is InChI=1S/C28H33N9O/c1-16(29)24-26(31-6)25(34-18(3)33-24)20-13-23(35-27(38)17(2)30-5)36-28(4,14-20)11-10-19-8-9-22-21(12-19)15-32-37(22)7/h8-9,12-15,17,29-31,36H,1-7H3,(H,35,38). The number of carbonyl (C=O) groups is 1. The lowest BCUT2D eigenvalue weighted by atomic mass is 9.92. The molecule has 4 rings (SSSR count). The molecule has 196 valence electrons. The van der Waals surface area contributed by atoms with Gasteiger partial charge < -0.3 is 26.7 Å². The van der Waals surface area contributed by atoms with Crippen molar-refractivity contribution in [3.05, 3.63) is 65.1 Å². The van der Waals surface area contributed by atoms with E-state index in [0.29, 0.717) is 34.4 Å². The van der Waals surface area contributed by atoms with Gasteiger partial charge in [-0.25, -0.2) is 9.97 Å². The van der Waals surface area contributed by atoms with Crippen LogP contribution in [0.4, 0.5) is 5.69 Å². The van der Waals surface area contributed by atoms with Crippen LogP contribution in [0.2, 0.25) is 0 Å². The Hall–Kier alpha value is -4.49. The molecule has 0 radical (unpaired) electrons. The Morgan fingerprint density at radius 1 is 1.26 bits per heavy atom. The Morgan fingerprint density at radius 2 is 2.03 bits per heavy atom. The third kappa shape index (κ3) is 5.43. The van der Waals surface area contributed by atoms with Crippen molar-refractivity contribution in [3.8, 4) is 11.8 Å². The first-order valence-electron chi connectivity index (χ1n) is 12.3. The van der Waals surface area contributed by atoms with Crippen molar-refractivity contribution in [2.24, 2.45) is 7.05 Å². The molecule has 0 spiro atoms. The van der Waals surface area contributed by atoms with Crippen LogP contribution in [-0.4, -0.2) is 57.0 Å². The lowest BCUT2D eigenvalue weighted by molar-refractivity contribution is -0.122. The highest BCUT2D eigenvalue weighted by atomic mass is 16.2. The molecule has 1 aliphatic rings. The van der Waals surface area contributed by atoms with Gasteiger partial charge in [0.1, 0.15) is 22.9 Å². The van der Waals surface area contributed by atoms with Crippen molar-refractivity contribution in [2.45, 2.75) is 39.3 Å². The van der Waals surface area contributed by atoms with E-state index in [1.807, 2.05) is 55.2 Å². The smallest absolute Gasteiger partial charge is 0.242 e. The molecular formula is C28H33N9O. The van der Waals surface area contributed by atoms with E-state index in [0.717, 1.165) is 22.0 Å². The fraction of sp³-hybridized carbons (Fsp3) is 0.321. The number of likely N-dealkylation sites (N-methyl/N-ethyl adjacent to an activating group) is 1. The number of benzene rings is 1. The zero-order chi connectivity index (χ0) is 27.6. The van der Waals surface area contributed by atoms with Gasteiger partial charge in [0.2, 0.25) is 5.91 Å². The molecule has 2 unspecified atom stereocenters. The fourth-order valence-electron chi connectivity index (χ4n) is 4.24. The largest absolute Gasteiger partial charge is 0.385 e. The summed E-state index contributed by atoms with van der Waals surface area (Å²) in [6.07, 6.45) is 5.63. The molecule has 0 fully saturated rings. The Balaban J connectivity index is 1.82. The van der Waals surface area contributed by atoms with Crippen molar-refractivity contribution in [2.75, 3.05) is 19.4 Å². The Kier molecular flexibility index (Phi) is 7.32. The predicted octanol–water partition coefficient (Wildman–Crippen LogP) is 2.46. The number of hydrogen-bond acceptors (Lipinski definition) is 8. The predicted molar refractivity (Wildman–Crippen MR) is 151 cm³/mol. The average Bonchev–Trinajstić information content (AvgIpc) is 3.25. The van der Waals surface area contributed by atoms with Crippen molar-refractivity contribution in [1.29, 1.82) is 5.41 Å². The van der Waals surface area contributed by atoms with Crippen LogP contribution in [0.5, 0.6) is 0 Å². The third-order valence-corrected chi connectivity index (χ3v) is 6.33. The average molecular weight is 512 g/mol. The second-order valence-electron chi connectivity index (χ2n) is 9.49. The second-order valence-corrected chi connectivity index (χ2v) is 9.49. The molecule has 0 saturated heterocycles. The van der Waals surface area contributed by atoms with Gasteiger partial charge >= 0.3 is 0 Å². The minimum absolute atomic E-state index is 0.187. The molecule has 0 bridgehead atoms. The van der Waals surface area contributed by atoms with Crippen molar-refractivity contribution in [3.63, 3.8) is 0 Å². The van der Waals surface area contributed by atoms with Gasteiger partial charge in [-0.05, 0) is 65.1 Å². The van der Waals surface area contributed by atoms with Crippen LogP contribution in [0.15, 0.2) is 42.4 Å². The van der Waals surface area contributed by atoms with Crippen LogP contribution in [0.3, 0.4) is 0 Å². The molecule has 2 aromatic heterocycles. The number of fused-ring (bicyclic) bond motifs is 1. The number of nitrogens with zero attached hydrogens (tertiary/aromatic N) is 4. The Bertz CT molecular complexity index is 1550. The SMILES string of the molecule is CNc1c(C(C)=N)nc(C)nc1C1=CC(C)(C#Cc2ccc3c(cnn3C)c2)NC(NC(=O)C(C)NC)=C1. The molecule has 3 aromatic rings. The molecule has 0 aliphatic carbocycles. The molecule has 3 heterocycles. The van der Waals surface area contributed by atoms with Gasteiger partial charge in [0, 0.05) is 30.6 Å². The van der Waals surface area contributed by atoms with Crippen LogP contribution < -0.4 is 21.3 Å². The van der Waals surface area contributed by atoms with E-state index in [4.69, 9.17) is 10.4 Å². The number of nitrogens with one attached hydrogen (secondary N) is 5. The van der Waals surface area contributed by atoms with Crippen LogP contribution in [0, 0.1) is 24.2 Å². The molecule has 10 nitrogen and oxygen atoms in total. The topological polar surface area (TPSA) is 133 Å². The highest BCUT2D eigenvalue weighted by molar-refractivity contribution is 6.02. The van der Waals surface area contributed by atoms with Crippen molar-refractivity contribution >= 4 is 33.8 Å². The van der Waals surface area contributed by atoms with Gasteiger partial charge in [-0.1, -0.05) is 11.8 Å². The number of aryl methyl sites for hydroxylation is 2. The van der Waals surface area contributed by atoms with E-state index < -0.39 is 11.6 Å². The summed E-state index contributed by atoms with van der Waals surface area (Å²) >= 11 is 0. The summed E-state index contributed by atoms with van der Waals surface area (Å²) < 4.78 is 1.82. The number of amides is 1. The molecule has 10 heteroatoms. The van der Waals surface area contributed by atoms with Gasteiger partial charge in [0.05, 0.1) is 34.8 Å². The molecule has 0 saturated carbocycles. The number of anilines is 1. The van der Waals surface area contributed by atoms with E-state index in [-0.39, 0.29) is 5.91 Å². The first-order chi connectivity index (χ1) is 18.0. The quantitative estimate of drug-likeness (QED) is 0.254. The third-order valence-electron chi connectivity index (χ3n) is 6.33. The van der Waals surface area contributed by atoms with Crippen LogP contribution in [-0.2, 0) is 11.8 Å². The summed E-state index contributed by atoms with van der Waals surface area (Å²) in [6.45, 7) is 7.22. The molecule has 1 aliphatic heterocycles. The van der Waals surface area contributed by atoms with Gasteiger partial charge in [-0.3, -0.25) is 9.48 Å². The maximum atomic E-state index is 12.7. The number of carbonyl (C=O) groups excluding carboxylic acids is 1. The summed E-state index contributed by atoms with van der Waals surface area (Å²) in [5.74, 6) is 7.48. The Labute approximate surface area is 222 Å². The minimum Gasteiger partial charge on any atom is -0.385 e. The zero-order valence-electron chi connectivity index (χ0n) is 22.7. The van der Waals surface area contributed by atoms with E-state index in [1.54, 1.807) is 34.9 Å². The molecule has 2 atom stereocenters. The summed E-state index contributed by atoms with van der Waals surface area (Å²) in [5, 5.41) is 26.0. The number of dihydropyridines is 1. The van der Waals surface area contributed by atoms with E-state index in [9.17, 15) is 4.79 Å². The summed E-state index contributed by atoms with van der Waals surface area (Å²) in [7, 11) is 5.42. The first-order valence-corrected chi connectivity index (χ1v) is 12.3.